The Kier molecular flexibility index (Phi) is 4.73. The summed E-state index contributed by atoms with van der Waals surface area (Å²) >= 11 is 0. The first kappa shape index (κ1) is 15.6. The maximum Gasteiger partial charge on any atom is 0.307 e. The van der Waals surface area contributed by atoms with Gasteiger partial charge in [-0.05, 0) is 36.6 Å². The molecule has 1 N–H and O–H groups in total. The van der Waals surface area contributed by atoms with Gasteiger partial charge in [-0.3, -0.25) is 9.69 Å². The molecule has 2 rings (SSSR count). The van der Waals surface area contributed by atoms with Crippen LogP contribution in [0.1, 0.15) is 25.0 Å². The second-order valence-electron chi connectivity index (χ2n) is 5.56. The SMILES string of the molecule is COc1cc2c(cc1OC)CN(C(C)C(C)C(=O)O)CC2. The summed E-state index contributed by atoms with van der Waals surface area (Å²) in [4.78, 5) is 13.4. The van der Waals surface area contributed by atoms with E-state index in [0.717, 1.165) is 31.0 Å². The van der Waals surface area contributed by atoms with Crippen molar-refractivity contribution in [1.29, 1.82) is 0 Å². The fraction of sp³-hybridized carbons (Fsp3) is 0.562. The second-order valence-corrected chi connectivity index (χ2v) is 5.56. The van der Waals surface area contributed by atoms with Crippen LogP contribution in [0.15, 0.2) is 12.1 Å². The summed E-state index contributed by atoms with van der Waals surface area (Å²) < 4.78 is 10.7. The minimum absolute atomic E-state index is 0.00347. The zero-order valence-electron chi connectivity index (χ0n) is 13.0. The zero-order valence-corrected chi connectivity index (χ0v) is 13.0. The first-order valence-corrected chi connectivity index (χ1v) is 7.18. The third-order valence-electron chi connectivity index (χ3n) is 4.44. The molecule has 0 radical (unpaired) electrons. The Bertz CT molecular complexity index is 529. The molecule has 0 amide bonds. The van der Waals surface area contributed by atoms with Crippen molar-refractivity contribution in [2.45, 2.75) is 32.9 Å². The molecule has 0 saturated carbocycles. The van der Waals surface area contributed by atoms with E-state index in [1.807, 2.05) is 19.1 Å². The number of nitrogens with zero attached hydrogens (tertiary/aromatic N) is 1. The van der Waals surface area contributed by atoms with Crippen molar-refractivity contribution in [2.75, 3.05) is 20.8 Å². The number of rotatable bonds is 5. The number of ether oxygens (including phenoxy) is 2. The molecule has 2 unspecified atom stereocenters. The van der Waals surface area contributed by atoms with Gasteiger partial charge in [-0.1, -0.05) is 6.92 Å². The van der Waals surface area contributed by atoms with Crippen LogP contribution in [0.25, 0.3) is 0 Å². The number of hydrogen-bond donors (Lipinski definition) is 1. The third-order valence-corrected chi connectivity index (χ3v) is 4.44. The highest BCUT2D eigenvalue weighted by Crippen LogP contribution is 2.34. The molecule has 21 heavy (non-hydrogen) atoms. The number of carbonyl (C=O) groups is 1. The lowest BCUT2D eigenvalue weighted by Crippen LogP contribution is -2.43. The van der Waals surface area contributed by atoms with E-state index in [2.05, 4.69) is 4.90 Å². The van der Waals surface area contributed by atoms with Crippen LogP contribution in [-0.4, -0.2) is 42.8 Å². The summed E-state index contributed by atoms with van der Waals surface area (Å²) in [6.07, 6.45) is 0.895. The van der Waals surface area contributed by atoms with Gasteiger partial charge in [0.2, 0.25) is 0 Å². The number of carboxylic acid groups (broad SMARTS) is 1. The maximum absolute atomic E-state index is 11.1. The molecule has 0 bridgehead atoms. The van der Waals surface area contributed by atoms with Gasteiger partial charge in [0.25, 0.3) is 0 Å². The quantitative estimate of drug-likeness (QED) is 0.901. The smallest absolute Gasteiger partial charge is 0.307 e. The van der Waals surface area contributed by atoms with E-state index in [-0.39, 0.29) is 12.0 Å². The largest absolute Gasteiger partial charge is 0.493 e. The fourth-order valence-electron chi connectivity index (χ4n) is 2.78. The fourth-order valence-corrected chi connectivity index (χ4v) is 2.78. The Labute approximate surface area is 125 Å². The van der Waals surface area contributed by atoms with Crippen LogP contribution in [0.2, 0.25) is 0 Å². The zero-order chi connectivity index (χ0) is 15.6. The first-order valence-electron chi connectivity index (χ1n) is 7.18. The van der Waals surface area contributed by atoms with Gasteiger partial charge in [-0.25, -0.2) is 0 Å². The molecule has 0 spiro atoms. The van der Waals surface area contributed by atoms with Crippen LogP contribution < -0.4 is 9.47 Å². The van der Waals surface area contributed by atoms with Gasteiger partial charge in [0, 0.05) is 19.1 Å². The van der Waals surface area contributed by atoms with E-state index < -0.39 is 5.97 Å². The summed E-state index contributed by atoms with van der Waals surface area (Å²) in [7, 11) is 3.26. The third kappa shape index (κ3) is 3.13. The Hall–Kier alpha value is -1.75. The lowest BCUT2D eigenvalue weighted by Gasteiger charge is -2.35. The topological polar surface area (TPSA) is 59.0 Å². The highest BCUT2D eigenvalue weighted by Gasteiger charge is 2.28. The van der Waals surface area contributed by atoms with E-state index in [9.17, 15) is 4.79 Å². The van der Waals surface area contributed by atoms with Crippen LogP contribution in [0.4, 0.5) is 0 Å². The molecule has 5 heteroatoms. The minimum Gasteiger partial charge on any atom is -0.493 e. The summed E-state index contributed by atoms with van der Waals surface area (Å²) in [6.45, 7) is 5.34. The Balaban J connectivity index is 2.22. The molecule has 0 fully saturated rings. The maximum atomic E-state index is 11.1. The van der Waals surface area contributed by atoms with Crippen molar-refractivity contribution in [1.82, 2.24) is 4.90 Å². The summed E-state index contributed by atoms with van der Waals surface area (Å²) in [5.74, 6) is 0.334. The molecule has 1 aromatic rings. The summed E-state index contributed by atoms with van der Waals surface area (Å²) in [5, 5.41) is 9.17. The van der Waals surface area contributed by atoms with Gasteiger partial charge in [0.05, 0.1) is 20.1 Å². The number of fused-ring (bicyclic) bond motifs is 1. The monoisotopic (exact) mass is 293 g/mol. The van der Waals surface area contributed by atoms with E-state index in [1.54, 1.807) is 21.1 Å². The van der Waals surface area contributed by atoms with Gasteiger partial charge in [-0.15, -0.1) is 0 Å². The summed E-state index contributed by atoms with van der Waals surface area (Å²) in [5.41, 5.74) is 2.43. The number of methoxy groups -OCH3 is 2. The standard InChI is InChI=1S/C16H23NO4/c1-10(16(18)19)11(2)17-6-5-12-7-14(20-3)15(21-4)8-13(12)9-17/h7-8,10-11H,5-6,9H2,1-4H3,(H,18,19). The predicted octanol–water partition coefficient (Wildman–Crippen LogP) is 2.17. The molecule has 1 aliphatic heterocycles. The molecule has 116 valence electrons. The minimum atomic E-state index is -0.749. The predicted molar refractivity (Wildman–Crippen MR) is 79.9 cm³/mol. The lowest BCUT2D eigenvalue weighted by atomic mass is 9.94. The van der Waals surface area contributed by atoms with Crippen LogP contribution in [0.5, 0.6) is 11.5 Å². The molecule has 0 aliphatic carbocycles. The lowest BCUT2D eigenvalue weighted by molar-refractivity contribution is -0.143. The van der Waals surface area contributed by atoms with Crippen molar-refractivity contribution in [3.05, 3.63) is 23.3 Å². The van der Waals surface area contributed by atoms with Gasteiger partial charge in [0.1, 0.15) is 0 Å². The average Bonchev–Trinajstić information content (AvgIpc) is 2.51. The Morgan fingerprint density at radius 1 is 1.19 bits per heavy atom. The first-order chi connectivity index (χ1) is 9.97. The van der Waals surface area contributed by atoms with Crippen molar-refractivity contribution in [2.24, 2.45) is 5.92 Å². The van der Waals surface area contributed by atoms with Gasteiger partial charge in [-0.2, -0.15) is 0 Å². The molecule has 0 saturated heterocycles. The van der Waals surface area contributed by atoms with E-state index in [0.29, 0.717) is 0 Å². The molecular formula is C16H23NO4. The van der Waals surface area contributed by atoms with E-state index in [4.69, 9.17) is 14.6 Å². The molecule has 1 aromatic carbocycles. The van der Waals surface area contributed by atoms with E-state index in [1.165, 1.54) is 11.1 Å². The van der Waals surface area contributed by atoms with Crippen LogP contribution in [0.3, 0.4) is 0 Å². The highest BCUT2D eigenvalue weighted by molar-refractivity contribution is 5.70. The highest BCUT2D eigenvalue weighted by atomic mass is 16.5. The Morgan fingerprint density at radius 2 is 1.76 bits per heavy atom. The molecule has 0 aromatic heterocycles. The number of hydrogen-bond acceptors (Lipinski definition) is 4. The van der Waals surface area contributed by atoms with Crippen molar-refractivity contribution in [3.8, 4) is 11.5 Å². The average molecular weight is 293 g/mol. The Morgan fingerprint density at radius 3 is 2.29 bits per heavy atom. The van der Waals surface area contributed by atoms with Gasteiger partial charge < -0.3 is 14.6 Å². The second kappa shape index (κ2) is 6.35. The normalized spacial score (nSPS) is 17.7. The number of aliphatic carboxylic acids is 1. The number of carboxylic acids is 1. The van der Waals surface area contributed by atoms with Crippen LogP contribution >= 0.6 is 0 Å². The van der Waals surface area contributed by atoms with Crippen LogP contribution in [-0.2, 0) is 17.8 Å². The molecule has 5 nitrogen and oxygen atoms in total. The number of benzene rings is 1. The van der Waals surface area contributed by atoms with Gasteiger partial charge in [0.15, 0.2) is 11.5 Å². The van der Waals surface area contributed by atoms with Gasteiger partial charge >= 0.3 is 5.97 Å². The van der Waals surface area contributed by atoms with Crippen molar-refractivity contribution >= 4 is 5.97 Å². The van der Waals surface area contributed by atoms with Crippen LogP contribution in [0, 0.1) is 5.92 Å². The molecule has 1 heterocycles. The van der Waals surface area contributed by atoms with Crippen molar-refractivity contribution in [3.63, 3.8) is 0 Å². The molecular weight excluding hydrogens is 270 g/mol. The molecule has 2 atom stereocenters. The van der Waals surface area contributed by atoms with E-state index >= 15 is 0 Å². The molecule has 1 aliphatic rings. The summed E-state index contributed by atoms with van der Waals surface area (Å²) in [6, 6.07) is 4.03. The van der Waals surface area contributed by atoms with Crippen molar-refractivity contribution < 1.29 is 19.4 Å².